The summed E-state index contributed by atoms with van der Waals surface area (Å²) in [5, 5.41) is 13.8. The second kappa shape index (κ2) is 6.46. The lowest BCUT2D eigenvalue weighted by atomic mass is 9.98. The fraction of sp³-hybridized carbons (Fsp3) is 0.583. The number of piperidine rings is 1. The van der Waals surface area contributed by atoms with Gasteiger partial charge in [-0.15, -0.1) is 0 Å². The molecule has 21 heavy (non-hydrogen) atoms. The van der Waals surface area contributed by atoms with Crippen molar-refractivity contribution in [2.45, 2.75) is 17.7 Å². The van der Waals surface area contributed by atoms with Crippen molar-refractivity contribution < 1.29 is 13.3 Å². The average molecular weight is 314 g/mol. The molecule has 0 spiro atoms. The van der Waals surface area contributed by atoms with Crippen LogP contribution in [0.5, 0.6) is 0 Å². The third-order valence-electron chi connectivity index (χ3n) is 3.59. The molecule has 116 valence electrons. The molecule has 1 aromatic heterocycles. The van der Waals surface area contributed by atoms with Crippen LogP contribution in [-0.2, 0) is 10.0 Å². The lowest BCUT2D eigenvalue weighted by Gasteiger charge is -2.26. The lowest BCUT2D eigenvalue weighted by Crippen LogP contribution is -2.37. The van der Waals surface area contributed by atoms with Gasteiger partial charge in [-0.05, 0) is 47.8 Å². The van der Waals surface area contributed by atoms with Crippen LogP contribution >= 0.6 is 0 Å². The first-order valence-corrected chi connectivity index (χ1v) is 8.13. The Morgan fingerprint density at radius 2 is 2.10 bits per heavy atom. The van der Waals surface area contributed by atoms with Crippen molar-refractivity contribution in [2.75, 3.05) is 26.7 Å². The van der Waals surface area contributed by atoms with Crippen LogP contribution in [0.2, 0.25) is 0 Å². The first kappa shape index (κ1) is 15.8. The zero-order valence-corrected chi connectivity index (χ0v) is 12.5. The molecule has 2 rings (SSSR count). The van der Waals surface area contributed by atoms with Gasteiger partial charge < -0.3 is 15.4 Å². The van der Waals surface area contributed by atoms with Gasteiger partial charge in [0.2, 0.25) is 10.0 Å². The highest BCUT2D eigenvalue weighted by atomic mass is 32.2. The summed E-state index contributed by atoms with van der Waals surface area (Å²) in [5.41, 5.74) is 0. The van der Waals surface area contributed by atoms with Crippen molar-refractivity contribution in [3.05, 3.63) is 28.4 Å². The van der Waals surface area contributed by atoms with Crippen LogP contribution in [0, 0.1) is 16.0 Å². The second-order valence-electron chi connectivity index (χ2n) is 5.09. The summed E-state index contributed by atoms with van der Waals surface area (Å²) in [7, 11) is -2.13. The predicted molar refractivity (Wildman–Crippen MR) is 76.3 cm³/mol. The Morgan fingerprint density at radius 1 is 1.43 bits per heavy atom. The molecule has 9 heteroatoms. The molecule has 0 aromatic carbocycles. The van der Waals surface area contributed by atoms with E-state index in [-0.39, 0.29) is 10.7 Å². The Hall–Kier alpha value is -1.58. The van der Waals surface area contributed by atoms with Gasteiger partial charge in [0.1, 0.15) is 4.90 Å². The largest absolute Gasteiger partial charge is 0.363 e. The Balaban J connectivity index is 2.10. The summed E-state index contributed by atoms with van der Waals surface area (Å²) < 4.78 is 26.1. The molecule has 0 atom stereocenters. The second-order valence-corrected chi connectivity index (χ2v) is 7.13. The minimum absolute atomic E-state index is 0.0236. The monoisotopic (exact) mass is 314 g/mol. The molecule has 0 amide bonds. The van der Waals surface area contributed by atoms with Crippen LogP contribution in [0.3, 0.4) is 0 Å². The summed E-state index contributed by atoms with van der Waals surface area (Å²) in [4.78, 5) is 13.4. The van der Waals surface area contributed by atoms with E-state index in [0.717, 1.165) is 38.2 Å². The number of aromatic nitrogens is 1. The van der Waals surface area contributed by atoms with Crippen LogP contribution in [-0.4, -0.2) is 49.3 Å². The molecule has 0 aliphatic carbocycles. The predicted octanol–water partition coefficient (Wildman–Crippen LogP) is 0.610. The van der Waals surface area contributed by atoms with E-state index in [1.807, 2.05) is 0 Å². The van der Waals surface area contributed by atoms with E-state index in [9.17, 15) is 18.5 Å². The molecular formula is C12H18N4O4S. The Labute approximate surface area is 123 Å². The zero-order valence-electron chi connectivity index (χ0n) is 11.7. The quantitative estimate of drug-likeness (QED) is 0.630. The number of rotatable bonds is 5. The topological polar surface area (TPSA) is 105 Å². The first-order chi connectivity index (χ1) is 9.91. The summed E-state index contributed by atoms with van der Waals surface area (Å²) in [5.74, 6) is -0.0352. The van der Waals surface area contributed by atoms with Crippen molar-refractivity contribution in [1.82, 2.24) is 14.6 Å². The van der Waals surface area contributed by atoms with Gasteiger partial charge in [0.15, 0.2) is 6.20 Å². The molecule has 1 N–H and O–H groups in total. The number of sulfonamides is 1. The summed E-state index contributed by atoms with van der Waals surface area (Å²) in [6.45, 7) is 2.25. The highest BCUT2D eigenvalue weighted by Gasteiger charge is 2.26. The molecule has 1 aromatic rings. The lowest BCUT2D eigenvalue weighted by molar-refractivity contribution is -0.389. The van der Waals surface area contributed by atoms with E-state index in [2.05, 4.69) is 10.3 Å². The van der Waals surface area contributed by atoms with E-state index >= 15 is 0 Å². The van der Waals surface area contributed by atoms with Crippen molar-refractivity contribution in [3.63, 3.8) is 0 Å². The maximum atomic E-state index is 12.4. The number of nitro groups is 1. The van der Waals surface area contributed by atoms with Crippen LogP contribution in [0.15, 0.2) is 23.2 Å². The number of pyridine rings is 1. The molecule has 1 saturated heterocycles. The third kappa shape index (κ3) is 3.74. The van der Waals surface area contributed by atoms with Gasteiger partial charge in [-0.3, -0.25) is 0 Å². The fourth-order valence-corrected chi connectivity index (χ4v) is 3.53. The van der Waals surface area contributed by atoms with E-state index < -0.39 is 14.9 Å². The van der Waals surface area contributed by atoms with Crippen molar-refractivity contribution in [3.8, 4) is 0 Å². The molecule has 8 nitrogen and oxygen atoms in total. The minimum atomic E-state index is -3.65. The molecule has 2 heterocycles. The summed E-state index contributed by atoms with van der Waals surface area (Å²) in [6, 6.07) is 2.32. The molecule has 0 unspecified atom stereocenters. The number of hydrogen-bond donors (Lipinski definition) is 1. The number of hydrogen-bond acceptors (Lipinski definition) is 6. The van der Waals surface area contributed by atoms with Gasteiger partial charge in [0, 0.05) is 19.7 Å². The zero-order chi connectivity index (χ0) is 15.5. The number of nitrogens with zero attached hydrogens (tertiary/aromatic N) is 3. The minimum Gasteiger partial charge on any atom is -0.358 e. The Bertz CT molecular complexity index is 596. The van der Waals surface area contributed by atoms with Gasteiger partial charge in [-0.2, -0.15) is 0 Å². The normalized spacial score (nSPS) is 17.0. The highest BCUT2D eigenvalue weighted by molar-refractivity contribution is 7.89. The van der Waals surface area contributed by atoms with Gasteiger partial charge in [-0.25, -0.2) is 12.7 Å². The fourth-order valence-electron chi connectivity index (χ4n) is 2.34. The third-order valence-corrected chi connectivity index (χ3v) is 5.40. The van der Waals surface area contributed by atoms with E-state index in [1.165, 1.54) is 17.4 Å². The molecule has 1 fully saturated rings. The van der Waals surface area contributed by atoms with Gasteiger partial charge in [-0.1, -0.05) is 0 Å². The molecule has 1 aliphatic heterocycles. The SMILES string of the molecule is CN(CC1CCNCC1)S(=O)(=O)c1ccc([N+](=O)[O-])nc1. The molecule has 0 radical (unpaired) electrons. The Kier molecular flexibility index (Phi) is 4.86. The smallest absolute Gasteiger partial charge is 0.358 e. The first-order valence-electron chi connectivity index (χ1n) is 6.69. The van der Waals surface area contributed by atoms with E-state index in [1.54, 1.807) is 0 Å². The molecule has 1 aliphatic rings. The van der Waals surface area contributed by atoms with Crippen molar-refractivity contribution in [2.24, 2.45) is 5.92 Å². The van der Waals surface area contributed by atoms with Gasteiger partial charge in [0.05, 0.1) is 0 Å². The van der Waals surface area contributed by atoms with Crippen LogP contribution in [0.25, 0.3) is 0 Å². The maximum Gasteiger partial charge on any atom is 0.363 e. The molecule has 0 saturated carbocycles. The van der Waals surface area contributed by atoms with E-state index in [4.69, 9.17) is 0 Å². The van der Waals surface area contributed by atoms with E-state index in [0.29, 0.717) is 12.5 Å². The van der Waals surface area contributed by atoms with Crippen LogP contribution in [0.4, 0.5) is 5.82 Å². The Morgan fingerprint density at radius 3 is 2.62 bits per heavy atom. The van der Waals surface area contributed by atoms with Gasteiger partial charge in [0.25, 0.3) is 0 Å². The standard InChI is InChI=1S/C12H18N4O4S/c1-15(9-10-4-6-13-7-5-10)21(19,20)11-2-3-12(14-8-11)16(17)18/h2-3,8,10,13H,4-7,9H2,1H3. The van der Waals surface area contributed by atoms with Crippen LogP contribution < -0.4 is 5.32 Å². The molecular weight excluding hydrogens is 296 g/mol. The maximum absolute atomic E-state index is 12.4. The van der Waals surface area contributed by atoms with Gasteiger partial charge >= 0.3 is 5.82 Å². The number of nitrogens with one attached hydrogen (secondary N) is 1. The summed E-state index contributed by atoms with van der Waals surface area (Å²) in [6.07, 6.45) is 2.92. The van der Waals surface area contributed by atoms with Crippen LogP contribution in [0.1, 0.15) is 12.8 Å². The summed E-state index contributed by atoms with van der Waals surface area (Å²) >= 11 is 0. The van der Waals surface area contributed by atoms with Crippen molar-refractivity contribution in [1.29, 1.82) is 0 Å². The van der Waals surface area contributed by atoms with Crippen molar-refractivity contribution >= 4 is 15.8 Å². The average Bonchev–Trinajstić information content (AvgIpc) is 2.48. The highest BCUT2D eigenvalue weighted by Crippen LogP contribution is 2.20. The molecule has 0 bridgehead atoms.